The van der Waals surface area contributed by atoms with Crippen LogP contribution in [0.1, 0.15) is 25.3 Å². The number of benzene rings is 1. The number of hydrogen-bond donors (Lipinski definition) is 2. The van der Waals surface area contributed by atoms with Gasteiger partial charge >= 0.3 is 11.9 Å². The van der Waals surface area contributed by atoms with Crippen molar-refractivity contribution in [3.05, 3.63) is 35.9 Å². The maximum absolute atomic E-state index is 12.6. The molecular weight excluding hydrogens is 348 g/mol. The number of esters is 1. The van der Waals surface area contributed by atoms with Gasteiger partial charge in [-0.3, -0.25) is 9.59 Å². The number of carbonyl (C=O) groups is 2. The smallest absolute Gasteiger partial charge is 0.324 e. The average Bonchev–Trinajstić information content (AvgIpc) is 3.06. The molecule has 0 radical (unpaired) electrons. The Kier molecular flexibility index (Phi) is 6.51. The van der Waals surface area contributed by atoms with Gasteiger partial charge in [0.15, 0.2) is 0 Å². The molecule has 25 heavy (non-hydrogen) atoms. The van der Waals surface area contributed by atoms with Crippen LogP contribution in [0, 0.1) is 0 Å². The summed E-state index contributed by atoms with van der Waals surface area (Å²) in [4.78, 5) is 23.4. The highest BCUT2D eigenvalue weighted by Gasteiger charge is 2.41. The van der Waals surface area contributed by atoms with Crippen LogP contribution in [-0.2, 0) is 31.0 Å². The van der Waals surface area contributed by atoms with Gasteiger partial charge in [0.05, 0.1) is 6.61 Å². The molecule has 0 amide bonds. The van der Waals surface area contributed by atoms with Crippen molar-refractivity contribution in [2.24, 2.45) is 0 Å². The minimum atomic E-state index is -4.14. The standard InChI is InChI=1S/C16H22N2O6S/c1-2-24-16(21)14-9-6-10-18(14)25(22,23)17-13(15(19)20)11-12-7-4-3-5-8-12/h3-5,7-8,13-14,17H,2,6,9-11H2,1H3,(H,19,20)/t13-,14?/m0/s1. The van der Waals surface area contributed by atoms with Crippen LogP contribution in [0.3, 0.4) is 0 Å². The number of nitrogens with zero attached hydrogens (tertiary/aromatic N) is 1. The van der Waals surface area contributed by atoms with Crippen molar-refractivity contribution in [2.45, 2.75) is 38.3 Å². The summed E-state index contributed by atoms with van der Waals surface area (Å²) in [6.07, 6.45) is 0.879. The highest BCUT2D eigenvalue weighted by Crippen LogP contribution is 2.22. The number of aliphatic carboxylic acids is 1. The van der Waals surface area contributed by atoms with Crippen molar-refractivity contribution >= 4 is 22.1 Å². The van der Waals surface area contributed by atoms with Gasteiger partial charge in [0.2, 0.25) is 0 Å². The summed E-state index contributed by atoms with van der Waals surface area (Å²) in [6, 6.07) is 6.50. The molecule has 2 atom stereocenters. The van der Waals surface area contributed by atoms with Crippen LogP contribution in [-0.4, -0.2) is 55.0 Å². The predicted octanol–water partition coefficient (Wildman–Crippen LogP) is 0.544. The van der Waals surface area contributed by atoms with Gasteiger partial charge in [-0.2, -0.15) is 17.4 Å². The minimum Gasteiger partial charge on any atom is -0.480 e. The molecule has 2 N–H and O–H groups in total. The first kappa shape index (κ1) is 19.4. The fourth-order valence-corrected chi connectivity index (χ4v) is 4.35. The van der Waals surface area contributed by atoms with Crippen LogP contribution in [0.25, 0.3) is 0 Å². The van der Waals surface area contributed by atoms with E-state index in [0.29, 0.717) is 18.4 Å². The first-order valence-electron chi connectivity index (χ1n) is 8.07. The zero-order valence-corrected chi connectivity index (χ0v) is 14.7. The first-order chi connectivity index (χ1) is 11.8. The second kappa shape index (κ2) is 8.41. The van der Waals surface area contributed by atoms with Crippen molar-refractivity contribution in [3.63, 3.8) is 0 Å². The van der Waals surface area contributed by atoms with Crippen LogP contribution in [0.2, 0.25) is 0 Å². The largest absolute Gasteiger partial charge is 0.480 e. The zero-order chi connectivity index (χ0) is 18.4. The molecule has 1 heterocycles. The number of carboxylic acid groups (broad SMARTS) is 1. The Morgan fingerprint density at radius 3 is 2.64 bits per heavy atom. The topological polar surface area (TPSA) is 113 Å². The van der Waals surface area contributed by atoms with Crippen LogP contribution < -0.4 is 4.72 Å². The van der Waals surface area contributed by atoms with Crippen LogP contribution in [0.4, 0.5) is 0 Å². The third-order valence-corrected chi connectivity index (χ3v) is 5.58. The van der Waals surface area contributed by atoms with Crippen molar-refractivity contribution in [1.82, 2.24) is 9.03 Å². The molecule has 0 bridgehead atoms. The second-order valence-corrected chi connectivity index (χ2v) is 7.38. The van der Waals surface area contributed by atoms with E-state index in [1.165, 1.54) is 0 Å². The zero-order valence-electron chi connectivity index (χ0n) is 13.9. The Bertz CT molecular complexity index is 707. The van der Waals surface area contributed by atoms with Crippen LogP contribution >= 0.6 is 0 Å². The Hall–Kier alpha value is -1.97. The summed E-state index contributed by atoms with van der Waals surface area (Å²) in [5.41, 5.74) is 0.695. The molecule has 8 nitrogen and oxygen atoms in total. The number of rotatable bonds is 8. The Morgan fingerprint density at radius 1 is 1.36 bits per heavy atom. The van der Waals surface area contributed by atoms with Gasteiger partial charge in [0, 0.05) is 6.54 Å². The minimum absolute atomic E-state index is 0.00726. The van der Waals surface area contributed by atoms with Gasteiger partial charge in [0.1, 0.15) is 12.1 Å². The fraction of sp³-hybridized carbons (Fsp3) is 0.500. The molecule has 1 fully saturated rings. The number of carbonyl (C=O) groups excluding carboxylic acids is 1. The van der Waals surface area contributed by atoms with E-state index < -0.39 is 34.2 Å². The summed E-state index contributed by atoms with van der Waals surface area (Å²) >= 11 is 0. The van der Waals surface area contributed by atoms with E-state index in [1.54, 1.807) is 37.3 Å². The predicted molar refractivity (Wildman–Crippen MR) is 90.0 cm³/mol. The maximum Gasteiger partial charge on any atom is 0.324 e. The van der Waals surface area contributed by atoms with Crippen molar-refractivity contribution in [1.29, 1.82) is 0 Å². The molecule has 1 aromatic carbocycles. The number of carboxylic acids is 1. The molecule has 1 saturated heterocycles. The fourth-order valence-electron chi connectivity index (χ4n) is 2.78. The summed E-state index contributed by atoms with van der Waals surface area (Å²) in [7, 11) is -4.14. The molecule has 0 aliphatic carbocycles. The molecule has 2 rings (SSSR count). The lowest BCUT2D eigenvalue weighted by molar-refractivity contribution is -0.146. The van der Waals surface area contributed by atoms with Gasteiger partial charge in [-0.05, 0) is 31.7 Å². The molecule has 9 heteroatoms. The Balaban J connectivity index is 2.14. The van der Waals surface area contributed by atoms with E-state index in [1.807, 2.05) is 0 Å². The third kappa shape index (κ3) is 5.00. The van der Waals surface area contributed by atoms with Gasteiger partial charge in [-0.15, -0.1) is 0 Å². The lowest BCUT2D eigenvalue weighted by atomic mass is 10.1. The SMILES string of the molecule is CCOC(=O)C1CCCN1S(=O)(=O)N[C@@H](Cc1ccccc1)C(=O)O. The van der Waals surface area contributed by atoms with E-state index in [-0.39, 0.29) is 19.6 Å². The molecule has 1 aromatic rings. The number of nitrogens with one attached hydrogen (secondary N) is 1. The van der Waals surface area contributed by atoms with Crippen molar-refractivity contribution in [2.75, 3.05) is 13.2 Å². The highest BCUT2D eigenvalue weighted by atomic mass is 32.2. The maximum atomic E-state index is 12.6. The summed E-state index contributed by atoms with van der Waals surface area (Å²) in [5, 5.41) is 9.36. The van der Waals surface area contributed by atoms with Crippen molar-refractivity contribution < 1.29 is 27.9 Å². The third-order valence-electron chi connectivity index (χ3n) is 3.94. The van der Waals surface area contributed by atoms with E-state index in [2.05, 4.69) is 4.72 Å². The molecule has 138 valence electrons. The van der Waals surface area contributed by atoms with Gasteiger partial charge in [-0.1, -0.05) is 30.3 Å². The second-order valence-electron chi connectivity index (χ2n) is 5.72. The molecule has 0 saturated carbocycles. The normalized spacial score (nSPS) is 19.5. The lowest BCUT2D eigenvalue weighted by Crippen LogP contribution is -2.52. The van der Waals surface area contributed by atoms with E-state index in [4.69, 9.17) is 4.74 Å². The molecule has 0 spiro atoms. The van der Waals surface area contributed by atoms with E-state index in [0.717, 1.165) is 4.31 Å². The molecule has 1 aliphatic rings. The number of hydrogen-bond acceptors (Lipinski definition) is 5. The van der Waals surface area contributed by atoms with E-state index >= 15 is 0 Å². The molecule has 1 unspecified atom stereocenters. The molecule has 0 aromatic heterocycles. The summed E-state index contributed by atoms with van der Waals surface area (Å²) in [6.45, 7) is 1.95. The Labute approximate surface area is 147 Å². The quantitative estimate of drug-likeness (QED) is 0.646. The summed E-state index contributed by atoms with van der Waals surface area (Å²) in [5.74, 6) is -1.89. The van der Waals surface area contributed by atoms with Gasteiger partial charge in [-0.25, -0.2) is 0 Å². The monoisotopic (exact) mass is 370 g/mol. The first-order valence-corrected chi connectivity index (χ1v) is 9.51. The van der Waals surface area contributed by atoms with Crippen molar-refractivity contribution in [3.8, 4) is 0 Å². The van der Waals surface area contributed by atoms with Gasteiger partial charge in [0.25, 0.3) is 10.2 Å². The van der Waals surface area contributed by atoms with Gasteiger partial charge < -0.3 is 9.84 Å². The number of ether oxygens (including phenoxy) is 1. The van der Waals surface area contributed by atoms with E-state index in [9.17, 15) is 23.1 Å². The average molecular weight is 370 g/mol. The lowest BCUT2D eigenvalue weighted by Gasteiger charge is -2.25. The molecule has 1 aliphatic heterocycles. The van der Waals surface area contributed by atoms with Crippen LogP contribution in [0.5, 0.6) is 0 Å². The van der Waals surface area contributed by atoms with Crippen LogP contribution in [0.15, 0.2) is 30.3 Å². The Morgan fingerprint density at radius 2 is 2.04 bits per heavy atom. The summed E-state index contributed by atoms with van der Waals surface area (Å²) < 4.78 is 33.3. The highest BCUT2D eigenvalue weighted by molar-refractivity contribution is 7.87. The molecular formula is C16H22N2O6S.